The van der Waals surface area contributed by atoms with Crippen molar-refractivity contribution in [3.05, 3.63) is 23.8 Å². The van der Waals surface area contributed by atoms with Crippen LogP contribution in [-0.4, -0.2) is 38.8 Å². The third-order valence-corrected chi connectivity index (χ3v) is 4.42. The van der Waals surface area contributed by atoms with Gasteiger partial charge in [-0.3, -0.25) is 4.79 Å². The van der Waals surface area contributed by atoms with Crippen LogP contribution in [0.3, 0.4) is 0 Å². The largest absolute Gasteiger partial charge is 0.493 e. The fourth-order valence-corrected chi connectivity index (χ4v) is 3.06. The first kappa shape index (κ1) is 17.6. The highest BCUT2D eigenvalue weighted by molar-refractivity contribution is 5.81. The van der Waals surface area contributed by atoms with Crippen molar-refractivity contribution in [1.82, 2.24) is 10.6 Å². The molecule has 5 nitrogen and oxygen atoms in total. The second kappa shape index (κ2) is 8.77. The Bertz CT molecular complexity index is 513. The van der Waals surface area contributed by atoms with Gasteiger partial charge in [-0.05, 0) is 37.8 Å². The van der Waals surface area contributed by atoms with Crippen molar-refractivity contribution < 1.29 is 14.3 Å². The van der Waals surface area contributed by atoms with Crippen LogP contribution in [0.15, 0.2) is 18.2 Å². The maximum Gasteiger partial charge on any atom is 0.237 e. The van der Waals surface area contributed by atoms with Crippen molar-refractivity contribution in [3.63, 3.8) is 0 Å². The van der Waals surface area contributed by atoms with Crippen molar-refractivity contribution in [1.29, 1.82) is 0 Å². The van der Waals surface area contributed by atoms with E-state index in [0.717, 1.165) is 36.3 Å². The summed E-state index contributed by atoms with van der Waals surface area (Å²) in [5, 5.41) is 6.41. The maximum atomic E-state index is 12.1. The maximum absolute atomic E-state index is 12.1. The van der Waals surface area contributed by atoms with Crippen molar-refractivity contribution in [2.24, 2.45) is 0 Å². The first-order chi connectivity index (χ1) is 11.2. The van der Waals surface area contributed by atoms with Gasteiger partial charge in [0.25, 0.3) is 0 Å². The summed E-state index contributed by atoms with van der Waals surface area (Å²) in [6.07, 6.45) is 5.45. The molecule has 0 unspecified atom stereocenters. The molecule has 1 saturated carbocycles. The number of para-hydroxylation sites is 1. The molecule has 2 N–H and O–H groups in total. The van der Waals surface area contributed by atoms with E-state index in [1.165, 1.54) is 12.8 Å². The topological polar surface area (TPSA) is 59.6 Å². The summed E-state index contributed by atoms with van der Waals surface area (Å²) in [5.74, 6) is 1.59. The average Bonchev–Trinajstić information content (AvgIpc) is 3.07. The molecule has 1 atom stereocenters. The molecule has 5 heteroatoms. The Hall–Kier alpha value is -1.75. The quantitative estimate of drug-likeness (QED) is 0.771. The number of methoxy groups -OCH3 is 2. The highest BCUT2D eigenvalue weighted by atomic mass is 16.5. The van der Waals surface area contributed by atoms with Gasteiger partial charge in [-0.15, -0.1) is 0 Å². The Kier molecular flexibility index (Phi) is 6.71. The van der Waals surface area contributed by atoms with E-state index in [1.54, 1.807) is 14.2 Å². The molecule has 1 aromatic rings. The molecule has 1 aliphatic rings. The van der Waals surface area contributed by atoms with Crippen LogP contribution in [0.1, 0.15) is 38.2 Å². The number of hydrogen-bond donors (Lipinski definition) is 2. The summed E-state index contributed by atoms with van der Waals surface area (Å²) in [7, 11) is 3.28. The zero-order valence-electron chi connectivity index (χ0n) is 14.4. The Morgan fingerprint density at radius 2 is 2.00 bits per heavy atom. The summed E-state index contributed by atoms with van der Waals surface area (Å²) in [4.78, 5) is 12.1. The number of nitrogens with one attached hydrogen (secondary N) is 2. The number of ether oxygens (including phenoxy) is 2. The molecular formula is C18H28N2O3. The van der Waals surface area contributed by atoms with Crippen LogP contribution >= 0.6 is 0 Å². The zero-order valence-corrected chi connectivity index (χ0v) is 14.4. The van der Waals surface area contributed by atoms with Gasteiger partial charge in [0.05, 0.1) is 20.3 Å². The van der Waals surface area contributed by atoms with E-state index in [2.05, 4.69) is 10.6 Å². The Labute approximate surface area is 138 Å². The molecule has 2 rings (SSSR count). The van der Waals surface area contributed by atoms with Crippen LogP contribution in [0, 0.1) is 0 Å². The smallest absolute Gasteiger partial charge is 0.237 e. The lowest BCUT2D eigenvalue weighted by Gasteiger charge is -2.18. The summed E-state index contributed by atoms with van der Waals surface area (Å²) >= 11 is 0. The lowest BCUT2D eigenvalue weighted by Crippen LogP contribution is -2.46. The normalized spacial score (nSPS) is 16.1. The van der Waals surface area contributed by atoms with Crippen molar-refractivity contribution in [2.45, 2.75) is 51.1 Å². The average molecular weight is 320 g/mol. The predicted molar refractivity (Wildman–Crippen MR) is 91.1 cm³/mol. The first-order valence-corrected chi connectivity index (χ1v) is 8.39. The SMILES string of the molecule is COc1cccc(CCN[C@@H](C)C(=O)NC2CCCC2)c1OC. The minimum absolute atomic E-state index is 0.0921. The molecule has 1 amide bonds. The molecule has 0 spiro atoms. The Morgan fingerprint density at radius 1 is 1.26 bits per heavy atom. The molecule has 1 aromatic carbocycles. The van der Waals surface area contributed by atoms with Gasteiger partial charge in [0, 0.05) is 12.6 Å². The lowest BCUT2D eigenvalue weighted by molar-refractivity contribution is -0.123. The summed E-state index contributed by atoms with van der Waals surface area (Å²) in [6, 6.07) is 6.03. The van der Waals surface area contributed by atoms with Crippen LogP contribution in [0.4, 0.5) is 0 Å². The van der Waals surface area contributed by atoms with Gasteiger partial charge in [-0.1, -0.05) is 25.0 Å². The van der Waals surface area contributed by atoms with Gasteiger partial charge < -0.3 is 20.1 Å². The molecule has 0 heterocycles. The second-order valence-corrected chi connectivity index (χ2v) is 6.07. The number of hydrogen-bond acceptors (Lipinski definition) is 4. The zero-order chi connectivity index (χ0) is 16.7. The highest BCUT2D eigenvalue weighted by Crippen LogP contribution is 2.30. The Balaban J connectivity index is 1.81. The van der Waals surface area contributed by atoms with Crippen LogP contribution in [0.25, 0.3) is 0 Å². The van der Waals surface area contributed by atoms with Crippen LogP contribution in [-0.2, 0) is 11.2 Å². The highest BCUT2D eigenvalue weighted by Gasteiger charge is 2.20. The molecular weight excluding hydrogens is 292 g/mol. The first-order valence-electron chi connectivity index (χ1n) is 8.39. The minimum Gasteiger partial charge on any atom is -0.493 e. The van der Waals surface area contributed by atoms with Gasteiger partial charge in [0.1, 0.15) is 0 Å². The van der Waals surface area contributed by atoms with Crippen molar-refractivity contribution >= 4 is 5.91 Å². The summed E-state index contributed by atoms with van der Waals surface area (Å²) in [5.41, 5.74) is 1.07. The van der Waals surface area contributed by atoms with Crippen molar-refractivity contribution in [3.8, 4) is 11.5 Å². The third kappa shape index (κ3) is 4.86. The number of carbonyl (C=O) groups excluding carboxylic acids is 1. The van der Waals surface area contributed by atoms with E-state index in [4.69, 9.17) is 9.47 Å². The van der Waals surface area contributed by atoms with Crippen LogP contribution in [0.2, 0.25) is 0 Å². The van der Waals surface area contributed by atoms with E-state index in [-0.39, 0.29) is 11.9 Å². The van der Waals surface area contributed by atoms with Crippen molar-refractivity contribution in [2.75, 3.05) is 20.8 Å². The molecule has 128 valence electrons. The number of rotatable bonds is 8. The molecule has 23 heavy (non-hydrogen) atoms. The van der Waals surface area contributed by atoms with Gasteiger partial charge in [-0.2, -0.15) is 0 Å². The number of benzene rings is 1. The second-order valence-electron chi connectivity index (χ2n) is 6.07. The van der Waals surface area contributed by atoms with Gasteiger partial charge in [0.15, 0.2) is 11.5 Å². The monoisotopic (exact) mass is 320 g/mol. The summed E-state index contributed by atoms with van der Waals surface area (Å²) in [6.45, 7) is 2.62. The number of carbonyl (C=O) groups is 1. The van der Waals surface area contributed by atoms with Crippen LogP contribution in [0.5, 0.6) is 11.5 Å². The number of amides is 1. The molecule has 1 fully saturated rings. The standard InChI is InChI=1S/C18H28N2O3/c1-13(18(21)20-15-8-4-5-9-15)19-12-11-14-7-6-10-16(22-2)17(14)23-3/h6-7,10,13,15,19H,4-5,8-9,11-12H2,1-3H3,(H,20,21)/t13-/m0/s1. The van der Waals surface area contributed by atoms with E-state index < -0.39 is 0 Å². The van der Waals surface area contributed by atoms with E-state index >= 15 is 0 Å². The molecule has 0 bridgehead atoms. The van der Waals surface area contributed by atoms with E-state index in [0.29, 0.717) is 12.6 Å². The molecule has 0 radical (unpaired) electrons. The fourth-order valence-electron chi connectivity index (χ4n) is 3.06. The summed E-state index contributed by atoms with van der Waals surface area (Å²) < 4.78 is 10.7. The Morgan fingerprint density at radius 3 is 2.65 bits per heavy atom. The molecule has 0 saturated heterocycles. The molecule has 1 aliphatic carbocycles. The minimum atomic E-state index is -0.188. The predicted octanol–water partition coefficient (Wildman–Crippen LogP) is 2.28. The third-order valence-electron chi connectivity index (χ3n) is 4.42. The fraction of sp³-hybridized carbons (Fsp3) is 0.611. The molecule has 0 aliphatic heterocycles. The van der Waals surface area contributed by atoms with E-state index in [1.807, 2.05) is 25.1 Å². The van der Waals surface area contributed by atoms with E-state index in [9.17, 15) is 4.79 Å². The van der Waals surface area contributed by atoms with Gasteiger partial charge in [0.2, 0.25) is 5.91 Å². The van der Waals surface area contributed by atoms with Crippen LogP contribution < -0.4 is 20.1 Å². The van der Waals surface area contributed by atoms with Gasteiger partial charge >= 0.3 is 0 Å². The van der Waals surface area contributed by atoms with Gasteiger partial charge in [-0.25, -0.2) is 0 Å². The lowest BCUT2D eigenvalue weighted by atomic mass is 10.1. The molecule has 0 aromatic heterocycles.